The van der Waals surface area contributed by atoms with Gasteiger partial charge in [-0.25, -0.2) is 0 Å². The molecule has 0 aliphatic rings. The van der Waals surface area contributed by atoms with Crippen LogP contribution in [0.4, 0.5) is 0 Å². The zero-order valence-electron chi connectivity index (χ0n) is 5.57. The van der Waals surface area contributed by atoms with Crippen LogP contribution >= 0.6 is 0 Å². The summed E-state index contributed by atoms with van der Waals surface area (Å²) in [6.07, 6.45) is 0. The molecule has 54 valence electrons. The number of para-hydroxylation sites is 1. The molecule has 10 heavy (non-hydrogen) atoms. The van der Waals surface area contributed by atoms with Crippen LogP contribution in [0.2, 0.25) is 0 Å². The Morgan fingerprint density at radius 3 is 2.00 bits per heavy atom. The fourth-order valence-electron chi connectivity index (χ4n) is 0.563. The van der Waals surface area contributed by atoms with Crippen molar-refractivity contribution in [1.29, 1.82) is 0 Å². The van der Waals surface area contributed by atoms with Crippen LogP contribution in [0.25, 0.3) is 0 Å². The van der Waals surface area contributed by atoms with Gasteiger partial charge in [0.2, 0.25) is 0 Å². The van der Waals surface area contributed by atoms with E-state index in [4.69, 9.17) is 5.11 Å². The summed E-state index contributed by atoms with van der Waals surface area (Å²) < 4.78 is 0. The standard InChI is InChI=1S/C7H8O.Se2/c1-6-4-2-3-5-7(6)8;1-2/h2-5,8H,1H3;. The van der Waals surface area contributed by atoms with Gasteiger partial charge < -0.3 is 5.11 Å². The predicted octanol–water partition coefficient (Wildman–Crippen LogP) is 0.939. The number of hydrogen-bond donors (Lipinski definition) is 1. The van der Waals surface area contributed by atoms with E-state index in [1.807, 2.05) is 25.1 Å². The summed E-state index contributed by atoms with van der Waals surface area (Å²) in [6, 6.07) is 7.25. The summed E-state index contributed by atoms with van der Waals surface area (Å²) in [5, 5.41) is 8.92. The zero-order valence-corrected chi connectivity index (χ0v) is 9.00. The Hall–Kier alpha value is 0.0590. The van der Waals surface area contributed by atoms with E-state index in [2.05, 4.69) is 28.4 Å². The Bertz CT molecular complexity index is 168. The molecule has 0 bridgehead atoms. The Balaban J connectivity index is 0.000000371. The normalized spacial score (nSPS) is 7.90. The molecule has 3 heteroatoms. The number of rotatable bonds is 0. The molecule has 2 radical (unpaired) electrons. The van der Waals surface area contributed by atoms with E-state index in [9.17, 15) is 0 Å². The van der Waals surface area contributed by atoms with Crippen LogP contribution in [-0.2, 0) is 0 Å². The molecule has 1 N–H and O–H groups in total. The van der Waals surface area contributed by atoms with Crippen LogP contribution in [0.5, 0.6) is 5.75 Å². The molecular formula is C7H8OSe2. The van der Waals surface area contributed by atoms with Gasteiger partial charge >= 0.3 is 28.4 Å². The molecule has 0 heterocycles. The predicted molar refractivity (Wildman–Crippen MR) is 44.4 cm³/mol. The second kappa shape index (κ2) is 5.81. The summed E-state index contributed by atoms with van der Waals surface area (Å²) in [5.41, 5.74) is 0.924. The second-order valence-electron chi connectivity index (χ2n) is 1.79. The molecule has 1 rings (SSSR count). The first-order valence-electron chi connectivity index (χ1n) is 2.72. The van der Waals surface area contributed by atoms with Gasteiger partial charge in [-0.1, -0.05) is 18.2 Å². The van der Waals surface area contributed by atoms with Gasteiger partial charge in [0.15, 0.2) is 0 Å². The molecular weight excluding hydrogens is 258 g/mol. The molecule has 1 aromatic rings. The quantitative estimate of drug-likeness (QED) is 0.693. The van der Waals surface area contributed by atoms with Gasteiger partial charge in [-0.15, -0.1) is 0 Å². The number of benzene rings is 1. The molecule has 0 saturated heterocycles. The molecule has 0 unspecified atom stereocenters. The van der Waals surface area contributed by atoms with Crippen molar-refractivity contribution < 1.29 is 5.11 Å². The Kier molecular flexibility index (Phi) is 5.85. The Morgan fingerprint density at radius 2 is 1.70 bits per heavy atom. The fourth-order valence-corrected chi connectivity index (χ4v) is 0.563. The Labute approximate surface area is 76.0 Å². The van der Waals surface area contributed by atoms with Crippen molar-refractivity contribution in [1.82, 2.24) is 0 Å². The SMILES string of the molecule is Cc1ccccc1O.[Se][Se]. The van der Waals surface area contributed by atoms with E-state index in [1.54, 1.807) is 6.07 Å². The van der Waals surface area contributed by atoms with Gasteiger partial charge in [-0.05, 0) is 18.6 Å². The van der Waals surface area contributed by atoms with Crippen molar-refractivity contribution in [3.8, 4) is 5.75 Å². The molecule has 0 amide bonds. The van der Waals surface area contributed by atoms with Crippen molar-refractivity contribution in [3.63, 3.8) is 0 Å². The van der Waals surface area contributed by atoms with Crippen molar-refractivity contribution in [3.05, 3.63) is 29.8 Å². The van der Waals surface area contributed by atoms with Crippen molar-refractivity contribution in [2.45, 2.75) is 6.92 Å². The number of phenolic OH excluding ortho intramolecular Hbond substituents is 1. The zero-order chi connectivity index (χ0) is 7.98. The molecule has 1 aromatic carbocycles. The van der Waals surface area contributed by atoms with E-state index in [0.717, 1.165) is 5.56 Å². The minimum atomic E-state index is 0.368. The summed E-state index contributed by atoms with van der Waals surface area (Å²) in [6.45, 7) is 1.87. The summed E-state index contributed by atoms with van der Waals surface area (Å²) >= 11 is 5.00. The maximum absolute atomic E-state index is 8.92. The third-order valence-corrected chi connectivity index (χ3v) is 1.12. The Morgan fingerprint density at radius 1 is 1.20 bits per heavy atom. The van der Waals surface area contributed by atoms with Gasteiger partial charge in [0.1, 0.15) is 5.75 Å². The summed E-state index contributed by atoms with van der Waals surface area (Å²) in [4.78, 5) is 0. The van der Waals surface area contributed by atoms with Crippen molar-refractivity contribution in [2.75, 3.05) is 0 Å². The molecule has 0 fully saturated rings. The molecule has 0 spiro atoms. The third-order valence-electron chi connectivity index (χ3n) is 1.12. The summed E-state index contributed by atoms with van der Waals surface area (Å²) in [7, 11) is 0. The van der Waals surface area contributed by atoms with Crippen LogP contribution in [0, 0.1) is 6.92 Å². The van der Waals surface area contributed by atoms with Crippen LogP contribution in [0.1, 0.15) is 5.56 Å². The topological polar surface area (TPSA) is 20.2 Å². The second-order valence-corrected chi connectivity index (χ2v) is 1.79. The van der Waals surface area contributed by atoms with Crippen LogP contribution in [-0.4, -0.2) is 33.5 Å². The van der Waals surface area contributed by atoms with E-state index < -0.39 is 0 Å². The van der Waals surface area contributed by atoms with E-state index in [0.29, 0.717) is 5.75 Å². The molecule has 1 nitrogen and oxygen atoms in total. The van der Waals surface area contributed by atoms with Gasteiger partial charge in [0.25, 0.3) is 0 Å². The first-order valence-corrected chi connectivity index (χ1v) is 7.05. The van der Waals surface area contributed by atoms with Crippen molar-refractivity contribution in [2.24, 2.45) is 0 Å². The maximum atomic E-state index is 8.92. The van der Waals surface area contributed by atoms with Gasteiger partial charge in [-0.2, -0.15) is 0 Å². The minimum absolute atomic E-state index is 0.368. The molecule has 0 atom stereocenters. The number of aryl methyl sites for hydroxylation is 1. The third kappa shape index (κ3) is 3.28. The molecule has 0 aliphatic carbocycles. The van der Waals surface area contributed by atoms with Gasteiger partial charge in [-0.3, -0.25) is 0 Å². The average Bonchev–Trinajstić information content (AvgIpc) is 2.00. The molecule has 0 aliphatic heterocycles. The average molecular weight is 266 g/mol. The van der Waals surface area contributed by atoms with E-state index in [-0.39, 0.29) is 0 Å². The van der Waals surface area contributed by atoms with Crippen LogP contribution in [0.3, 0.4) is 0 Å². The number of aromatic hydroxyl groups is 1. The number of hydrogen-bond acceptors (Lipinski definition) is 1. The van der Waals surface area contributed by atoms with Crippen LogP contribution < -0.4 is 0 Å². The van der Waals surface area contributed by atoms with Gasteiger partial charge in [0.05, 0.1) is 0 Å². The first-order chi connectivity index (χ1) is 4.80. The fraction of sp³-hybridized carbons (Fsp3) is 0.143. The molecule has 0 saturated carbocycles. The van der Waals surface area contributed by atoms with Gasteiger partial charge in [0, 0.05) is 0 Å². The first kappa shape index (κ1) is 10.1. The van der Waals surface area contributed by atoms with Crippen LogP contribution in [0.15, 0.2) is 24.3 Å². The van der Waals surface area contributed by atoms with E-state index >= 15 is 0 Å². The monoisotopic (exact) mass is 268 g/mol. The molecule has 0 aromatic heterocycles. The van der Waals surface area contributed by atoms with E-state index in [1.165, 1.54) is 0 Å². The number of phenols is 1. The summed E-state index contributed by atoms with van der Waals surface area (Å²) in [5.74, 6) is 0.368. The van der Waals surface area contributed by atoms with Crippen molar-refractivity contribution >= 4 is 28.4 Å².